The Morgan fingerprint density at radius 3 is 2.39 bits per heavy atom. The van der Waals surface area contributed by atoms with E-state index in [2.05, 4.69) is 10.2 Å². The van der Waals surface area contributed by atoms with Gasteiger partial charge in [-0.2, -0.15) is 13.2 Å². The summed E-state index contributed by atoms with van der Waals surface area (Å²) in [6, 6.07) is -1.23. The van der Waals surface area contributed by atoms with Gasteiger partial charge in [0.2, 0.25) is 11.7 Å². The van der Waals surface area contributed by atoms with E-state index in [4.69, 9.17) is 5.73 Å². The minimum Gasteiger partial charge on any atom is -0.328 e. The first kappa shape index (κ1) is 24.9. The van der Waals surface area contributed by atoms with E-state index in [0.29, 0.717) is 12.1 Å². The molecule has 0 aliphatic carbocycles. The number of benzene rings is 1. The summed E-state index contributed by atoms with van der Waals surface area (Å²) in [6.45, 7) is 2.95. The van der Waals surface area contributed by atoms with Crippen LogP contribution in [0, 0.1) is 17.5 Å². The van der Waals surface area contributed by atoms with Gasteiger partial charge in [-0.25, -0.2) is 13.2 Å². The lowest BCUT2D eigenvalue weighted by atomic mass is 10.0. The van der Waals surface area contributed by atoms with Gasteiger partial charge in [-0.05, 0) is 31.9 Å². The van der Waals surface area contributed by atoms with Crippen molar-refractivity contribution in [2.75, 3.05) is 0 Å². The number of carbonyl (C=O) groups is 1. The second-order valence-electron chi connectivity index (χ2n) is 7.34. The van der Waals surface area contributed by atoms with Gasteiger partial charge in [-0.3, -0.25) is 4.79 Å². The lowest BCUT2D eigenvalue weighted by Gasteiger charge is -2.39. The molecule has 1 aliphatic heterocycles. The van der Waals surface area contributed by atoms with Crippen molar-refractivity contribution in [3.05, 3.63) is 46.8 Å². The summed E-state index contributed by atoms with van der Waals surface area (Å²) in [7, 11) is 0. The molecule has 1 amide bonds. The van der Waals surface area contributed by atoms with Crippen LogP contribution in [0.5, 0.6) is 0 Å². The molecule has 0 fully saturated rings. The SMILES string of the molecule is CC1Cn2c(nnc2C(F)(F)F)C(C)N1C(=O)C[C@H](N)Cc1cc(F)c(F)cc1F.Cl. The fourth-order valence-electron chi connectivity index (χ4n) is 3.74. The van der Waals surface area contributed by atoms with Crippen molar-refractivity contribution in [3.8, 4) is 0 Å². The predicted molar refractivity (Wildman–Crippen MR) is 99.6 cm³/mol. The minimum atomic E-state index is -4.67. The molecule has 2 aromatic rings. The topological polar surface area (TPSA) is 77.0 Å². The molecule has 6 nitrogen and oxygen atoms in total. The summed E-state index contributed by atoms with van der Waals surface area (Å²) in [6.07, 6.45) is -5.17. The molecule has 31 heavy (non-hydrogen) atoms. The number of fused-ring (bicyclic) bond motifs is 1. The van der Waals surface area contributed by atoms with E-state index >= 15 is 0 Å². The van der Waals surface area contributed by atoms with Crippen LogP contribution in [0.25, 0.3) is 0 Å². The standard InChI is InChI=1S/C18H19F6N5O.ClH/c1-8-7-28-16(26-27-17(28)18(22,23)24)9(2)29(8)15(30)5-11(25)3-10-4-13(20)14(21)6-12(10)19;/h4,6,8-9,11H,3,5,7,25H2,1-2H3;1H/t8?,9?,11-;/m1./s1. The fraction of sp³-hybridized carbons (Fsp3) is 0.500. The molecule has 0 spiro atoms. The van der Waals surface area contributed by atoms with Crippen molar-refractivity contribution >= 4 is 18.3 Å². The molecule has 0 saturated heterocycles. The van der Waals surface area contributed by atoms with E-state index in [1.54, 1.807) is 6.92 Å². The Labute approximate surface area is 179 Å². The highest BCUT2D eigenvalue weighted by Gasteiger charge is 2.43. The number of halogens is 7. The summed E-state index contributed by atoms with van der Waals surface area (Å²) < 4.78 is 80.4. The van der Waals surface area contributed by atoms with E-state index in [1.165, 1.54) is 11.8 Å². The van der Waals surface area contributed by atoms with Crippen LogP contribution in [-0.2, 0) is 23.9 Å². The Morgan fingerprint density at radius 1 is 1.16 bits per heavy atom. The Balaban J connectivity index is 0.00000341. The van der Waals surface area contributed by atoms with Gasteiger partial charge in [-0.15, -0.1) is 22.6 Å². The molecule has 3 atom stereocenters. The molecule has 1 aromatic heterocycles. The van der Waals surface area contributed by atoms with Crippen molar-refractivity contribution in [2.24, 2.45) is 5.73 Å². The van der Waals surface area contributed by atoms with Gasteiger partial charge in [0, 0.05) is 31.1 Å². The van der Waals surface area contributed by atoms with E-state index in [9.17, 15) is 31.1 Å². The van der Waals surface area contributed by atoms with E-state index in [0.717, 1.165) is 4.57 Å². The van der Waals surface area contributed by atoms with Crippen LogP contribution < -0.4 is 5.73 Å². The van der Waals surface area contributed by atoms with Gasteiger partial charge < -0.3 is 15.2 Å². The first-order valence-corrected chi connectivity index (χ1v) is 9.10. The normalized spacial score (nSPS) is 19.6. The molecule has 2 heterocycles. The molecule has 2 N–H and O–H groups in total. The third kappa shape index (κ3) is 4.95. The quantitative estimate of drug-likeness (QED) is 0.548. The number of nitrogens with zero attached hydrogens (tertiary/aromatic N) is 4. The zero-order valence-electron chi connectivity index (χ0n) is 16.5. The molecule has 1 aromatic carbocycles. The number of hydrogen-bond acceptors (Lipinski definition) is 4. The average molecular weight is 472 g/mol. The lowest BCUT2D eigenvalue weighted by Crippen LogP contribution is -2.49. The van der Waals surface area contributed by atoms with Gasteiger partial charge in [0.25, 0.3) is 0 Å². The van der Waals surface area contributed by atoms with Crippen LogP contribution in [0.15, 0.2) is 12.1 Å². The number of aromatic nitrogens is 3. The summed E-state index contributed by atoms with van der Waals surface area (Å²) in [5, 5.41) is 6.80. The monoisotopic (exact) mass is 471 g/mol. The maximum Gasteiger partial charge on any atom is 0.451 e. The van der Waals surface area contributed by atoms with E-state index in [1.807, 2.05) is 0 Å². The Morgan fingerprint density at radius 2 is 1.77 bits per heavy atom. The highest BCUT2D eigenvalue weighted by Crippen LogP contribution is 2.34. The molecular formula is C18H20ClF6N5O. The number of alkyl halides is 3. The smallest absolute Gasteiger partial charge is 0.328 e. The Bertz CT molecular complexity index is 966. The van der Waals surface area contributed by atoms with Gasteiger partial charge >= 0.3 is 6.18 Å². The molecule has 0 saturated carbocycles. The Hall–Kier alpha value is -2.34. The number of hydrogen-bond donors (Lipinski definition) is 1. The van der Waals surface area contributed by atoms with Crippen LogP contribution in [-0.4, -0.2) is 37.7 Å². The van der Waals surface area contributed by atoms with Crippen LogP contribution >= 0.6 is 12.4 Å². The zero-order valence-corrected chi connectivity index (χ0v) is 17.3. The third-order valence-corrected chi connectivity index (χ3v) is 5.04. The number of nitrogens with two attached hydrogens (primary N) is 1. The van der Waals surface area contributed by atoms with Crippen LogP contribution in [0.4, 0.5) is 26.3 Å². The molecule has 0 bridgehead atoms. The van der Waals surface area contributed by atoms with Crippen molar-refractivity contribution in [1.82, 2.24) is 19.7 Å². The summed E-state index contributed by atoms with van der Waals surface area (Å²) in [5.41, 5.74) is 5.73. The molecule has 13 heteroatoms. The lowest BCUT2D eigenvalue weighted by molar-refractivity contribution is -0.149. The first-order valence-electron chi connectivity index (χ1n) is 9.10. The highest BCUT2D eigenvalue weighted by molar-refractivity contribution is 5.85. The summed E-state index contributed by atoms with van der Waals surface area (Å²) in [4.78, 5) is 14.1. The largest absolute Gasteiger partial charge is 0.451 e. The van der Waals surface area contributed by atoms with Crippen LogP contribution in [0.1, 0.15) is 43.5 Å². The van der Waals surface area contributed by atoms with Crippen molar-refractivity contribution in [1.29, 1.82) is 0 Å². The summed E-state index contributed by atoms with van der Waals surface area (Å²) >= 11 is 0. The second kappa shape index (κ2) is 9.03. The highest BCUT2D eigenvalue weighted by atomic mass is 35.5. The van der Waals surface area contributed by atoms with Gasteiger partial charge in [0.1, 0.15) is 5.82 Å². The molecule has 2 unspecified atom stereocenters. The van der Waals surface area contributed by atoms with Gasteiger partial charge in [0.15, 0.2) is 17.5 Å². The predicted octanol–water partition coefficient (Wildman–Crippen LogP) is 3.39. The number of amides is 1. The maximum absolute atomic E-state index is 13.8. The van der Waals surface area contributed by atoms with E-state index < -0.39 is 53.5 Å². The van der Waals surface area contributed by atoms with Gasteiger partial charge in [0.05, 0.1) is 6.04 Å². The average Bonchev–Trinajstić information content (AvgIpc) is 3.03. The van der Waals surface area contributed by atoms with Crippen molar-refractivity contribution in [3.63, 3.8) is 0 Å². The number of rotatable bonds is 4. The third-order valence-electron chi connectivity index (χ3n) is 5.04. The van der Waals surface area contributed by atoms with Gasteiger partial charge in [-0.1, -0.05) is 0 Å². The summed E-state index contributed by atoms with van der Waals surface area (Å²) in [5.74, 6) is -5.16. The minimum absolute atomic E-state index is 0. The zero-order chi connectivity index (χ0) is 22.4. The molecule has 172 valence electrons. The van der Waals surface area contributed by atoms with E-state index in [-0.39, 0.29) is 43.2 Å². The maximum atomic E-state index is 13.8. The van der Waals surface area contributed by atoms with Crippen LogP contribution in [0.2, 0.25) is 0 Å². The molecule has 0 radical (unpaired) electrons. The van der Waals surface area contributed by atoms with Crippen molar-refractivity contribution < 1.29 is 31.1 Å². The van der Waals surface area contributed by atoms with Crippen molar-refractivity contribution in [2.45, 2.75) is 57.5 Å². The number of carbonyl (C=O) groups excluding carboxylic acids is 1. The second-order valence-corrected chi connectivity index (χ2v) is 7.34. The first-order chi connectivity index (χ1) is 13.9. The molecule has 1 aliphatic rings. The Kier molecular flexibility index (Phi) is 7.26. The van der Waals surface area contributed by atoms with Crippen LogP contribution in [0.3, 0.4) is 0 Å². The molecule has 3 rings (SSSR count). The fourth-order valence-corrected chi connectivity index (χ4v) is 3.74. The molecular weight excluding hydrogens is 452 g/mol.